The van der Waals surface area contributed by atoms with E-state index in [1.54, 1.807) is 30.5 Å². The Morgan fingerprint density at radius 3 is 2.54 bits per heavy atom. The number of carbonyl (C=O) groups is 1. The first kappa shape index (κ1) is 28.6. The Kier molecular flexibility index (Phi) is 9.19. The van der Waals surface area contributed by atoms with Gasteiger partial charge in [-0.2, -0.15) is 5.10 Å². The Morgan fingerprint density at radius 1 is 0.976 bits per heavy atom. The van der Waals surface area contributed by atoms with Crippen molar-refractivity contribution in [2.45, 2.75) is 13.5 Å². The molecule has 206 valence electrons. The van der Waals surface area contributed by atoms with Crippen molar-refractivity contribution in [1.82, 2.24) is 10.4 Å². The molecule has 0 saturated heterocycles. The van der Waals surface area contributed by atoms with Crippen molar-refractivity contribution >= 4 is 62.2 Å². The van der Waals surface area contributed by atoms with Crippen LogP contribution in [0.5, 0.6) is 11.5 Å². The summed E-state index contributed by atoms with van der Waals surface area (Å²) in [6.45, 7) is 2.54. The largest absolute Gasteiger partial charge is 0.490 e. The van der Waals surface area contributed by atoms with E-state index in [0.29, 0.717) is 49.4 Å². The molecule has 41 heavy (non-hydrogen) atoms. The molecule has 0 fully saturated rings. The van der Waals surface area contributed by atoms with Crippen molar-refractivity contribution in [3.05, 3.63) is 122 Å². The zero-order chi connectivity index (χ0) is 28.8. The standard InChI is InChI=1S/C32H24BrCl2N3O3/c1-2-40-30-15-20(14-26(33)31(30)41-19-22-12-13-23(34)16-27(22)35)18-36-38-32(39)25-17-29(21-8-4-3-5-9-21)37-28-11-7-6-10-24(25)28/h3-18H,2,19H2,1H3,(H,38,39)/b36-18+. The number of hydrogen-bond acceptors (Lipinski definition) is 5. The van der Waals surface area contributed by atoms with Gasteiger partial charge in [0.2, 0.25) is 0 Å². The third-order valence-electron chi connectivity index (χ3n) is 6.13. The molecule has 4 aromatic carbocycles. The number of nitrogens with zero attached hydrogens (tertiary/aromatic N) is 2. The van der Waals surface area contributed by atoms with Crippen LogP contribution < -0.4 is 14.9 Å². The summed E-state index contributed by atoms with van der Waals surface area (Å²) >= 11 is 15.9. The van der Waals surface area contributed by atoms with Crippen LogP contribution >= 0.6 is 39.1 Å². The molecule has 6 nitrogen and oxygen atoms in total. The van der Waals surface area contributed by atoms with Gasteiger partial charge in [-0.05, 0) is 64.8 Å². The molecule has 5 rings (SSSR count). The number of nitrogens with one attached hydrogen (secondary N) is 1. The molecule has 1 N–H and O–H groups in total. The molecule has 0 radical (unpaired) electrons. The predicted octanol–water partition coefficient (Wildman–Crippen LogP) is 8.71. The molecule has 0 bridgehead atoms. The highest BCUT2D eigenvalue weighted by Crippen LogP contribution is 2.37. The second-order valence-electron chi connectivity index (χ2n) is 8.92. The van der Waals surface area contributed by atoms with E-state index in [2.05, 4.69) is 26.5 Å². The zero-order valence-electron chi connectivity index (χ0n) is 21.9. The van der Waals surface area contributed by atoms with E-state index in [-0.39, 0.29) is 12.5 Å². The van der Waals surface area contributed by atoms with Gasteiger partial charge in [0.05, 0.1) is 34.1 Å². The van der Waals surface area contributed by atoms with Crippen molar-refractivity contribution in [3.63, 3.8) is 0 Å². The van der Waals surface area contributed by atoms with Crippen molar-refractivity contribution in [2.75, 3.05) is 6.61 Å². The minimum absolute atomic E-state index is 0.225. The topological polar surface area (TPSA) is 72.8 Å². The molecular formula is C32H24BrCl2N3O3. The number of aromatic nitrogens is 1. The van der Waals surface area contributed by atoms with Crippen molar-refractivity contribution < 1.29 is 14.3 Å². The first-order valence-electron chi connectivity index (χ1n) is 12.7. The second kappa shape index (κ2) is 13.2. The van der Waals surface area contributed by atoms with Crippen molar-refractivity contribution in [2.24, 2.45) is 5.10 Å². The maximum Gasteiger partial charge on any atom is 0.272 e. The summed E-state index contributed by atoms with van der Waals surface area (Å²) in [5.41, 5.74) is 6.97. The van der Waals surface area contributed by atoms with E-state index >= 15 is 0 Å². The fraction of sp³-hybridized carbons (Fsp3) is 0.0938. The van der Waals surface area contributed by atoms with E-state index in [1.807, 2.05) is 73.7 Å². The third kappa shape index (κ3) is 6.88. The minimum Gasteiger partial charge on any atom is -0.490 e. The SMILES string of the molecule is CCOc1cc(/C=N/NC(=O)c2cc(-c3ccccc3)nc3ccccc23)cc(Br)c1OCc1ccc(Cl)cc1Cl. The number of hydrazone groups is 1. The number of hydrogen-bond donors (Lipinski definition) is 1. The summed E-state index contributed by atoms with van der Waals surface area (Å²) in [4.78, 5) is 18.0. The van der Waals surface area contributed by atoms with Crippen molar-refractivity contribution in [3.8, 4) is 22.8 Å². The zero-order valence-corrected chi connectivity index (χ0v) is 25.0. The highest BCUT2D eigenvalue weighted by atomic mass is 79.9. The summed E-state index contributed by atoms with van der Waals surface area (Å²) < 4.78 is 12.5. The van der Waals surface area contributed by atoms with Crippen LogP contribution in [-0.4, -0.2) is 23.7 Å². The monoisotopic (exact) mass is 647 g/mol. The average molecular weight is 649 g/mol. The Balaban J connectivity index is 1.36. The molecule has 0 spiro atoms. The van der Waals surface area contributed by atoms with Gasteiger partial charge in [0, 0.05) is 26.6 Å². The van der Waals surface area contributed by atoms with Crippen LogP contribution in [0.2, 0.25) is 10.0 Å². The lowest BCUT2D eigenvalue weighted by atomic mass is 10.0. The van der Waals surface area contributed by atoms with Gasteiger partial charge in [-0.1, -0.05) is 77.8 Å². The average Bonchev–Trinajstić information content (AvgIpc) is 2.97. The summed E-state index contributed by atoms with van der Waals surface area (Å²) in [5, 5.41) is 6.03. The molecule has 0 aliphatic rings. The van der Waals surface area contributed by atoms with E-state index in [4.69, 9.17) is 37.7 Å². The minimum atomic E-state index is -0.346. The number of benzene rings is 4. The molecule has 0 atom stereocenters. The number of para-hydroxylation sites is 1. The van der Waals surface area contributed by atoms with Gasteiger partial charge in [0.25, 0.3) is 5.91 Å². The van der Waals surface area contributed by atoms with E-state index in [9.17, 15) is 4.79 Å². The molecule has 0 aliphatic heterocycles. The lowest BCUT2D eigenvalue weighted by Crippen LogP contribution is -2.18. The van der Waals surface area contributed by atoms with Crippen LogP contribution in [-0.2, 0) is 6.61 Å². The summed E-state index contributed by atoms with van der Waals surface area (Å²) in [5.74, 6) is 0.698. The van der Waals surface area contributed by atoms with Gasteiger partial charge in [0.15, 0.2) is 11.5 Å². The summed E-state index contributed by atoms with van der Waals surface area (Å²) in [6.07, 6.45) is 1.55. The van der Waals surface area contributed by atoms with E-state index in [0.717, 1.165) is 22.0 Å². The Hall–Kier alpha value is -3.91. The lowest BCUT2D eigenvalue weighted by Gasteiger charge is -2.15. The van der Waals surface area contributed by atoms with Crippen LogP contribution in [0.3, 0.4) is 0 Å². The fourth-order valence-corrected chi connectivity index (χ4v) is 5.24. The van der Waals surface area contributed by atoms with E-state index in [1.165, 1.54) is 0 Å². The maximum absolute atomic E-state index is 13.3. The number of amides is 1. The number of pyridine rings is 1. The van der Waals surface area contributed by atoms with Crippen LogP contribution in [0.4, 0.5) is 0 Å². The fourth-order valence-electron chi connectivity index (χ4n) is 4.20. The quantitative estimate of drug-likeness (QED) is 0.128. The van der Waals surface area contributed by atoms with E-state index < -0.39 is 0 Å². The number of rotatable bonds is 9. The van der Waals surface area contributed by atoms with Gasteiger partial charge in [0.1, 0.15) is 6.61 Å². The van der Waals surface area contributed by atoms with Gasteiger partial charge in [-0.3, -0.25) is 4.79 Å². The summed E-state index contributed by atoms with van der Waals surface area (Å²) in [7, 11) is 0. The Morgan fingerprint density at radius 2 is 1.76 bits per heavy atom. The smallest absolute Gasteiger partial charge is 0.272 e. The maximum atomic E-state index is 13.3. The van der Waals surface area contributed by atoms with Gasteiger partial charge in [-0.25, -0.2) is 10.4 Å². The Labute approximate surface area is 256 Å². The molecule has 0 saturated carbocycles. The predicted molar refractivity (Wildman–Crippen MR) is 168 cm³/mol. The molecular weight excluding hydrogens is 625 g/mol. The molecule has 0 unspecified atom stereocenters. The molecule has 9 heteroatoms. The highest BCUT2D eigenvalue weighted by Gasteiger charge is 2.15. The number of ether oxygens (including phenoxy) is 2. The van der Waals surface area contributed by atoms with Crippen LogP contribution in [0.15, 0.2) is 101 Å². The van der Waals surface area contributed by atoms with Crippen LogP contribution in [0, 0.1) is 0 Å². The first-order valence-corrected chi connectivity index (χ1v) is 14.3. The Bertz CT molecular complexity index is 1750. The normalized spacial score (nSPS) is 11.1. The van der Waals surface area contributed by atoms with Gasteiger partial charge < -0.3 is 9.47 Å². The van der Waals surface area contributed by atoms with Gasteiger partial charge in [-0.15, -0.1) is 0 Å². The van der Waals surface area contributed by atoms with Crippen molar-refractivity contribution in [1.29, 1.82) is 0 Å². The molecule has 1 amide bonds. The van der Waals surface area contributed by atoms with Crippen LogP contribution in [0.1, 0.15) is 28.4 Å². The highest BCUT2D eigenvalue weighted by molar-refractivity contribution is 9.10. The van der Waals surface area contributed by atoms with Crippen LogP contribution in [0.25, 0.3) is 22.2 Å². The lowest BCUT2D eigenvalue weighted by molar-refractivity contribution is 0.0956. The molecule has 0 aliphatic carbocycles. The molecule has 1 heterocycles. The first-order chi connectivity index (χ1) is 19.9. The molecule has 1 aromatic heterocycles. The van der Waals surface area contributed by atoms with Gasteiger partial charge >= 0.3 is 0 Å². The number of halogens is 3. The molecule has 5 aromatic rings. The second-order valence-corrected chi connectivity index (χ2v) is 10.6. The number of fused-ring (bicyclic) bond motifs is 1. The number of carbonyl (C=O) groups excluding carboxylic acids is 1. The third-order valence-corrected chi connectivity index (χ3v) is 7.30. The summed E-state index contributed by atoms with van der Waals surface area (Å²) in [6, 6.07) is 27.9.